The molecule has 2 aromatic heterocycles. The van der Waals surface area contributed by atoms with Crippen molar-refractivity contribution in [3.05, 3.63) is 68.1 Å². The predicted octanol–water partition coefficient (Wildman–Crippen LogP) is 3.40. The van der Waals surface area contributed by atoms with Crippen LogP contribution in [0.2, 0.25) is 0 Å². The quantitative estimate of drug-likeness (QED) is 0.313. The zero-order valence-electron chi connectivity index (χ0n) is 26.3. The standard InChI is InChI=1S/C32H41N7O5S2/c1-20(2)15-23-31-38-26(19-46-31)30(44)36-24(16-22-9-5-4-6-10-22)32-37-25(18-45-32)29(43)33-12-8-14-39(13-7-11-27(41)35-23)28(42)17-34-21(3)40/h4-6,9-10,18-20,23-24H,7-8,11-17H2,1-3H3,(H,33,43)(H,34,40)(H,35,41)(H,36,44)/t23-,24-/m0/s1. The van der Waals surface area contributed by atoms with Crippen LogP contribution in [0.4, 0.5) is 0 Å². The van der Waals surface area contributed by atoms with E-state index in [1.807, 2.05) is 30.3 Å². The monoisotopic (exact) mass is 667 g/mol. The van der Waals surface area contributed by atoms with Crippen molar-refractivity contribution in [3.63, 3.8) is 0 Å². The number of aromatic nitrogens is 2. The molecule has 4 rings (SSSR count). The summed E-state index contributed by atoms with van der Waals surface area (Å²) in [7, 11) is 0. The average Bonchev–Trinajstić information content (AvgIpc) is 3.71. The molecule has 1 aliphatic heterocycles. The first-order chi connectivity index (χ1) is 22.1. The van der Waals surface area contributed by atoms with Crippen molar-refractivity contribution in [1.82, 2.24) is 36.1 Å². The Labute approximate surface area is 276 Å². The van der Waals surface area contributed by atoms with E-state index in [2.05, 4.69) is 45.1 Å². The molecule has 246 valence electrons. The van der Waals surface area contributed by atoms with Crippen LogP contribution in [0.15, 0.2) is 41.1 Å². The second-order valence-corrected chi connectivity index (χ2v) is 13.4. The summed E-state index contributed by atoms with van der Waals surface area (Å²) in [5.74, 6) is -1.22. The highest BCUT2D eigenvalue weighted by atomic mass is 32.1. The number of carbonyl (C=O) groups is 5. The summed E-state index contributed by atoms with van der Waals surface area (Å²) < 4.78 is 0. The molecule has 0 unspecified atom stereocenters. The van der Waals surface area contributed by atoms with Crippen LogP contribution in [0, 0.1) is 5.92 Å². The number of carbonyl (C=O) groups excluding carboxylic acids is 5. The Bertz CT molecular complexity index is 1510. The molecule has 3 aromatic rings. The predicted molar refractivity (Wildman–Crippen MR) is 176 cm³/mol. The van der Waals surface area contributed by atoms with E-state index in [0.29, 0.717) is 55.3 Å². The first-order valence-corrected chi connectivity index (χ1v) is 17.2. The van der Waals surface area contributed by atoms with Crippen molar-refractivity contribution in [1.29, 1.82) is 0 Å². The summed E-state index contributed by atoms with van der Waals surface area (Å²) >= 11 is 2.61. The van der Waals surface area contributed by atoms with E-state index in [1.54, 1.807) is 15.7 Å². The molecule has 14 heteroatoms. The molecule has 46 heavy (non-hydrogen) atoms. The molecular weight excluding hydrogens is 627 g/mol. The van der Waals surface area contributed by atoms with Gasteiger partial charge in [0.15, 0.2) is 0 Å². The fraction of sp³-hybridized carbons (Fsp3) is 0.469. The van der Waals surface area contributed by atoms with E-state index in [4.69, 9.17) is 0 Å². The van der Waals surface area contributed by atoms with Crippen molar-refractivity contribution in [3.8, 4) is 0 Å². The van der Waals surface area contributed by atoms with Crippen molar-refractivity contribution in [2.75, 3.05) is 26.2 Å². The number of hydrogen-bond donors (Lipinski definition) is 4. The zero-order chi connectivity index (χ0) is 33.1. The van der Waals surface area contributed by atoms with Crippen LogP contribution < -0.4 is 21.3 Å². The largest absolute Gasteiger partial charge is 0.351 e. The van der Waals surface area contributed by atoms with Gasteiger partial charge in [-0.2, -0.15) is 0 Å². The summed E-state index contributed by atoms with van der Waals surface area (Å²) in [4.78, 5) is 74.6. The van der Waals surface area contributed by atoms with Gasteiger partial charge in [0.05, 0.1) is 18.6 Å². The van der Waals surface area contributed by atoms with Crippen molar-refractivity contribution in [2.24, 2.45) is 5.92 Å². The van der Waals surface area contributed by atoms with Crippen LogP contribution in [-0.2, 0) is 20.8 Å². The van der Waals surface area contributed by atoms with Gasteiger partial charge in [-0.1, -0.05) is 44.2 Å². The first kappa shape index (κ1) is 34.7. The highest BCUT2D eigenvalue weighted by Crippen LogP contribution is 2.27. The molecule has 12 nitrogen and oxygen atoms in total. The number of nitrogens with zero attached hydrogens (tertiary/aromatic N) is 3. The van der Waals surface area contributed by atoms with Gasteiger partial charge >= 0.3 is 0 Å². The Morgan fingerprint density at radius 2 is 1.59 bits per heavy atom. The zero-order valence-corrected chi connectivity index (χ0v) is 28.0. The number of amides is 5. The maximum Gasteiger partial charge on any atom is 0.271 e. The van der Waals surface area contributed by atoms with E-state index < -0.39 is 6.04 Å². The summed E-state index contributed by atoms with van der Waals surface area (Å²) in [6.07, 6.45) is 2.17. The molecule has 2 atom stereocenters. The second-order valence-electron chi connectivity index (χ2n) is 11.6. The highest BCUT2D eigenvalue weighted by molar-refractivity contribution is 7.10. The third kappa shape index (κ3) is 10.4. The normalized spacial score (nSPS) is 18.6. The lowest BCUT2D eigenvalue weighted by Crippen LogP contribution is -2.41. The summed E-state index contributed by atoms with van der Waals surface area (Å²) in [6, 6.07) is 8.84. The molecule has 0 saturated carbocycles. The van der Waals surface area contributed by atoms with Crippen molar-refractivity contribution >= 4 is 52.2 Å². The maximum absolute atomic E-state index is 13.5. The molecule has 0 radical (unpaired) electrons. The molecule has 4 N–H and O–H groups in total. The Kier molecular flexibility index (Phi) is 12.8. The smallest absolute Gasteiger partial charge is 0.271 e. The summed E-state index contributed by atoms with van der Waals surface area (Å²) in [5, 5.41) is 16.1. The topological polar surface area (TPSA) is 162 Å². The minimum absolute atomic E-state index is 0.144. The molecule has 0 spiro atoms. The van der Waals surface area contributed by atoms with E-state index in [9.17, 15) is 24.0 Å². The Morgan fingerprint density at radius 3 is 2.26 bits per heavy atom. The van der Waals surface area contributed by atoms with Crippen LogP contribution in [0.5, 0.6) is 0 Å². The van der Waals surface area contributed by atoms with Crippen LogP contribution in [0.1, 0.15) is 95.1 Å². The van der Waals surface area contributed by atoms with Gasteiger partial charge in [-0.25, -0.2) is 9.97 Å². The van der Waals surface area contributed by atoms with Crippen molar-refractivity contribution < 1.29 is 24.0 Å². The fourth-order valence-electron chi connectivity index (χ4n) is 5.01. The average molecular weight is 668 g/mol. The first-order valence-electron chi connectivity index (χ1n) is 15.4. The molecule has 5 amide bonds. The minimum atomic E-state index is -0.505. The number of hydrogen-bond acceptors (Lipinski definition) is 9. The van der Waals surface area contributed by atoms with E-state index >= 15 is 0 Å². The molecule has 3 heterocycles. The lowest BCUT2D eigenvalue weighted by molar-refractivity contribution is -0.133. The number of thiazole rings is 2. The molecule has 0 aliphatic carbocycles. The number of rotatable bonds is 6. The third-order valence-electron chi connectivity index (χ3n) is 7.30. The Morgan fingerprint density at radius 1 is 0.935 bits per heavy atom. The lowest BCUT2D eigenvalue weighted by Gasteiger charge is -2.23. The van der Waals surface area contributed by atoms with Crippen LogP contribution >= 0.6 is 22.7 Å². The molecule has 0 saturated heterocycles. The van der Waals surface area contributed by atoms with Gasteiger partial charge in [-0.05, 0) is 37.2 Å². The van der Waals surface area contributed by atoms with E-state index in [1.165, 1.54) is 29.6 Å². The highest BCUT2D eigenvalue weighted by Gasteiger charge is 2.25. The van der Waals surface area contributed by atoms with Gasteiger partial charge in [0.1, 0.15) is 21.4 Å². The van der Waals surface area contributed by atoms with Gasteiger partial charge in [0.25, 0.3) is 11.8 Å². The Balaban J connectivity index is 1.60. The fourth-order valence-corrected chi connectivity index (χ4v) is 6.72. The van der Waals surface area contributed by atoms with Crippen LogP contribution in [-0.4, -0.2) is 70.6 Å². The SMILES string of the molecule is CC(=O)NCC(=O)N1CCCNC(=O)c2csc(n2)[C@H](Cc2ccccc2)NC(=O)c2csc(n2)[C@H](CC(C)C)NC(=O)CCC1. The third-order valence-corrected chi connectivity index (χ3v) is 9.22. The molecule has 0 fully saturated rings. The van der Waals surface area contributed by atoms with E-state index in [-0.39, 0.29) is 65.8 Å². The Hall–Kier alpha value is -4.17. The lowest BCUT2D eigenvalue weighted by atomic mass is 10.0. The number of fused-ring (bicyclic) bond motifs is 4. The molecule has 1 aromatic carbocycles. The van der Waals surface area contributed by atoms with Crippen molar-refractivity contribution in [2.45, 2.75) is 65.0 Å². The van der Waals surface area contributed by atoms with E-state index in [0.717, 1.165) is 5.56 Å². The van der Waals surface area contributed by atoms with Crippen LogP contribution in [0.3, 0.4) is 0 Å². The summed E-state index contributed by atoms with van der Waals surface area (Å²) in [5.41, 5.74) is 1.49. The van der Waals surface area contributed by atoms with Gasteiger partial charge in [-0.15, -0.1) is 22.7 Å². The van der Waals surface area contributed by atoms with Gasteiger partial charge in [0.2, 0.25) is 17.7 Å². The molecule has 1 aliphatic rings. The molecule has 4 bridgehead atoms. The maximum atomic E-state index is 13.5. The number of nitrogens with one attached hydrogen (secondary N) is 4. The van der Waals surface area contributed by atoms with Gasteiger partial charge < -0.3 is 26.2 Å². The summed E-state index contributed by atoms with van der Waals surface area (Å²) in [6.45, 7) is 6.26. The number of benzene rings is 1. The van der Waals surface area contributed by atoms with Gasteiger partial charge in [-0.3, -0.25) is 24.0 Å². The minimum Gasteiger partial charge on any atom is -0.351 e. The second kappa shape index (κ2) is 16.9. The van der Waals surface area contributed by atoms with Gasteiger partial charge in [0, 0.05) is 43.7 Å². The molecular formula is C32H41N7O5S2. The van der Waals surface area contributed by atoms with Crippen LogP contribution in [0.25, 0.3) is 0 Å².